The third kappa shape index (κ3) is 3.49. The minimum atomic E-state index is -3.68. The molecule has 1 rings (SSSR count). The molecule has 1 aromatic rings. The van der Waals surface area contributed by atoms with Crippen molar-refractivity contribution >= 4 is 24.5 Å². The summed E-state index contributed by atoms with van der Waals surface area (Å²) >= 11 is 0. The Hall–Kier alpha value is -1.13. The lowest BCUT2D eigenvalue weighted by Crippen LogP contribution is -2.01. The molecule has 0 heterocycles. The molecule has 0 aromatic heterocycles. The van der Waals surface area contributed by atoms with Gasteiger partial charge in [-0.15, -0.1) is 0 Å². The van der Waals surface area contributed by atoms with Gasteiger partial charge in [0.2, 0.25) is 0 Å². The van der Waals surface area contributed by atoms with Gasteiger partial charge in [0.25, 0.3) is 0 Å². The smallest absolute Gasteiger partial charge is 0.319 e. The maximum Gasteiger partial charge on any atom is 0.319 e. The van der Waals surface area contributed by atoms with E-state index in [2.05, 4.69) is 4.18 Å². The molecule has 0 aliphatic heterocycles. The van der Waals surface area contributed by atoms with E-state index in [-0.39, 0.29) is 11.5 Å². The van der Waals surface area contributed by atoms with Gasteiger partial charge in [0.1, 0.15) is 6.29 Å². The lowest BCUT2D eigenvalue weighted by Gasteiger charge is -2.08. The van der Waals surface area contributed by atoms with Crippen LogP contribution in [0.3, 0.4) is 0 Å². The zero-order valence-corrected chi connectivity index (χ0v) is 9.81. The van der Waals surface area contributed by atoms with Crippen molar-refractivity contribution in [1.82, 2.24) is 0 Å². The normalized spacial score (nSPS) is 10.8. The number of hydrogen-bond donors (Lipinski definition) is 0. The van der Waals surface area contributed by atoms with Crippen molar-refractivity contribution in [3.05, 3.63) is 23.8 Å². The van der Waals surface area contributed by atoms with Crippen LogP contribution in [0.1, 0.15) is 10.4 Å². The predicted octanol–water partition coefficient (Wildman–Crippen LogP) is 1.01. The third-order valence-electron chi connectivity index (χ3n) is 1.53. The van der Waals surface area contributed by atoms with E-state index in [0.29, 0.717) is 11.8 Å². The molecule has 1 unspecified atom stereocenters. The second-order valence-corrected chi connectivity index (χ2v) is 5.49. The number of hydrogen-bond acceptors (Lipinski definition) is 5. The molecule has 0 bridgehead atoms. The summed E-state index contributed by atoms with van der Waals surface area (Å²) in [5, 5.41) is 0. The van der Waals surface area contributed by atoms with Crippen molar-refractivity contribution < 1.29 is 22.1 Å². The minimum absolute atomic E-state index is 0.0399. The molecule has 0 saturated carbocycles. The SMILES string of the molecule is COc1cc(C=O)ccc1OS(=O)(=O)P. The Morgan fingerprint density at radius 1 is 1.33 bits per heavy atom. The molecule has 0 fully saturated rings. The summed E-state index contributed by atoms with van der Waals surface area (Å²) in [4.78, 5) is 10.5. The fraction of sp³-hybridized carbons (Fsp3) is 0.125. The number of aldehydes is 1. The molecule has 1 aromatic carbocycles. The summed E-state index contributed by atoms with van der Waals surface area (Å²) < 4.78 is 31.2. The van der Waals surface area contributed by atoms with Crippen LogP contribution in [0.2, 0.25) is 0 Å². The Bertz CT molecular complexity index is 468. The van der Waals surface area contributed by atoms with E-state index in [1.54, 1.807) is 8.44 Å². The first kappa shape index (κ1) is 11.9. The predicted molar refractivity (Wildman–Crippen MR) is 57.6 cm³/mol. The average molecular weight is 248 g/mol. The fourth-order valence-corrected chi connectivity index (χ4v) is 1.65. The Kier molecular flexibility index (Phi) is 3.66. The summed E-state index contributed by atoms with van der Waals surface area (Å²) in [6, 6.07) is 4.17. The number of benzene rings is 1. The van der Waals surface area contributed by atoms with E-state index in [0.717, 1.165) is 0 Å². The Balaban J connectivity index is 3.13. The zero-order valence-electron chi connectivity index (χ0n) is 7.84. The molecule has 5 nitrogen and oxygen atoms in total. The number of ether oxygens (including phenoxy) is 1. The van der Waals surface area contributed by atoms with E-state index < -0.39 is 9.74 Å². The maximum atomic E-state index is 10.8. The highest BCUT2D eigenvalue weighted by molar-refractivity contribution is 8.34. The number of carbonyl (C=O) groups excluding carboxylic acids is 1. The van der Waals surface area contributed by atoms with Crippen molar-refractivity contribution in [3.63, 3.8) is 0 Å². The highest BCUT2D eigenvalue weighted by Gasteiger charge is 2.10. The van der Waals surface area contributed by atoms with Crippen LogP contribution in [-0.2, 0) is 9.74 Å². The van der Waals surface area contributed by atoms with Gasteiger partial charge >= 0.3 is 9.74 Å². The molecule has 0 saturated heterocycles. The summed E-state index contributed by atoms with van der Waals surface area (Å²) in [6.45, 7) is 0. The van der Waals surface area contributed by atoms with E-state index in [1.165, 1.54) is 25.3 Å². The molecule has 0 N–H and O–H groups in total. The van der Waals surface area contributed by atoms with Crippen LogP contribution >= 0.6 is 8.44 Å². The van der Waals surface area contributed by atoms with Crippen molar-refractivity contribution in [1.29, 1.82) is 0 Å². The largest absolute Gasteiger partial charge is 0.493 e. The van der Waals surface area contributed by atoms with Gasteiger partial charge in [0.05, 0.1) is 7.11 Å². The van der Waals surface area contributed by atoms with E-state index in [1.807, 2.05) is 0 Å². The van der Waals surface area contributed by atoms with Gasteiger partial charge in [0.15, 0.2) is 11.5 Å². The summed E-state index contributed by atoms with van der Waals surface area (Å²) in [5.74, 6) is 0.226. The van der Waals surface area contributed by atoms with Gasteiger partial charge in [-0.1, -0.05) is 0 Å². The second kappa shape index (κ2) is 4.59. The molecule has 0 spiro atoms. The van der Waals surface area contributed by atoms with Crippen LogP contribution in [-0.4, -0.2) is 21.8 Å². The molecule has 0 aliphatic rings. The number of carbonyl (C=O) groups is 1. The van der Waals surface area contributed by atoms with Gasteiger partial charge < -0.3 is 8.92 Å². The summed E-state index contributed by atoms with van der Waals surface area (Å²) in [7, 11) is -0.771. The standard InChI is InChI=1S/C8H9O5PS/c1-12-8-4-6(5-9)2-3-7(8)13-15(10,11)14/h2-5H,14H2,1H3. The lowest BCUT2D eigenvalue weighted by atomic mass is 10.2. The Morgan fingerprint density at radius 3 is 2.47 bits per heavy atom. The molecular formula is C8H9O5PS. The van der Waals surface area contributed by atoms with E-state index in [4.69, 9.17) is 4.74 Å². The first-order valence-corrected chi connectivity index (χ1v) is 6.70. The molecule has 0 amide bonds. The molecule has 7 heteroatoms. The van der Waals surface area contributed by atoms with Crippen LogP contribution in [0, 0.1) is 0 Å². The van der Waals surface area contributed by atoms with Crippen LogP contribution in [0.5, 0.6) is 11.5 Å². The minimum Gasteiger partial charge on any atom is -0.493 e. The lowest BCUT2D eigenvalue weighted by molar-refractivity contribution is 0.112. The first-order valence-electron chi connectivity index (χ1n) is 3.81. The Labute approximate surface area is 89.5 Å². The van der Waals surface area contributed by atoms with E-state index in [9.17, 15) is 13.2 Å². The zero-order chi connectivity index (χ0) is 11.5. The Morgan fingerprint density at radius 2 is 2.00 bits per heavy atom. The topological polar surface area (TPSA) is 69.7 Å². The van der Waals surface area contributed by atoms with Gasteiger partial charge in [-0.05, 0) is 18.2 Å². The fourth-order valence-electron chi connectivity index (χ4n) is 0.951. The second-order valence-electron chi connectivity index (χ2n) is 2.60. The van der Waals surface area contributed by atoms with Crippen molar-refractivity contribution in [3.8, 4) is 11.5 Å². The molecule has 0 radical (unpaired) electrons. The quantitative estimate of drug-likeness (QED) is 0.587. The van der Waals surface area contributed by atoms with Gasteiger partial charge in [-0.3, -0.25) is 4.79 Å². The summed E-state index contributed by atoms with van der Waals surface area (Å²) in [6.07, 6.45) is 0.626. The molecule has 15 heavy (non-hydrogen) atoms. The molecule has 1 atom stereocenters. The van der Waals surface area contributed by atoms with Crippen molar-refractivity contribution in [2.24, 2.45) is 0 Å². The van der Waals surface area contributed by atoms with Gasteiger partial charge in [0, 0.05) is 14.0 Å². The van der Waals surface area contributed by atoms with Crippen LogP contribution in [0.4, 0.5) is 0 Å². The van der Waals surface area contributed by atoms with E-state index >= 15 is 0 Å². The average Bonchev–Trinajstić information content (AvgIpc) is 2.16. The summed E-state index contributed by atoms with van der Waals surface area (Å²) in [5.41, 5.74) is 0.375. The highest BCUT2D eigenvalue weighted by Crippen LogP contribution is 2.29. The number of rotatable bonds is 4. The molecule has 82 valence electrons. The third-order valence-corrected chi connectivity index (χ3v) is 2.23. The van der Waals surface area contributed by atoms with Crippen LogP contribution in [0.25, 0.3) is 0 Å². The van der Waals surface area contributed by atoms with Crippen molar-refractivity contribution in [2.75, 3.05) is 7.11 Å². The molecule has 0 aliphatic carbocycles. The first-order chi connectivity index (χ1) is 6.96. The number of methoxy groups -OCH3 is 1. The van der Waals surface area contributed by atoms with Crippen LogP contribution in [0.15, 0.2) is 18.2 Å². The van der Waals surface area contributed by atoms with Crippen LogP contribution < -0.4 is 8.92 Å². The van der Waals surface area contributed by atoms with Gasteiger partial charge in [-0.25, -0.2) is 0 Å². The monoisotopic (exact) mass is 248 g/mol. The van der Waals surface area contributed by atoms with Gasteiger partial charge in [-0.2, -0.15) is 8.42 Å². The van der Waals surface area contributed by atoms with Crippen molar-refractivity contribution in [2.45, 2.75) is 0 Å². The highest BCUT2D eigenvalue weighted by atomic mass is 32.7. The molecular weight excluding hydrogens is 239 g/mol. The maximum absolute atomic E-state index is 10.8.